The van der Waals surface area contributed by atoms with Gasteiger partial charge in [-0.25, -0.2) is 0 Å². The van der Waals surface area contributed by atoms with Crippen LogP contribution >= 0.6 is 15.9 Å². The molecule has 0 aliphatic rings. The van der Waals surface area contributed by atoms with Crippen LogP contribution in [0.5, 0.6) is 0 Å². The van der Waals surface area contributed by atoms with Crippen LogP contribution < -0.4 is 0 Å². The van der Waals surface area contributed by atoms with Gasteiger partial charge in [-0.1, -0.05) is 64.8 Å². The highest BCUT2D eigenvalue weighted by Gasteiger charge is 2.06. The Morgan fingerprint density at radius 3 is 2.41 bits per heavy atom. The van der Waals surface area contributed by atoms with Gasteiger partial charge in [0.25, 0.3) is 0 Å². The van der Waals surface area contributed by atoms with Crippen molar-refractivity contribution < 1.29 is 0 Å². The van der Waals surface area contributed by atoms with E-state index in [0.717, 1.165) is 10.9 Å². The van der Waals surface area contributed by atoms with Gasteiger partial charge in [-0.05, 0) is 42.5 Å². The first kappa shape index (κ1) is 12.4. The molecule has 0 bridgehead atoms. The number of rotatable bonds is 3. The van der Waals surface area contributed by atoms with Crippen LogP contribution in [0.25, 0.3) is 0 Å². The summed E-state index contributed by atoms with van der Waals surface area (Å²) in [5.74, 6) is 0.560. The Morgan fingerprint density at radius 2 is 1.76 bits per heavy atom. The molecule has 1 atom stereocenters. The average Bonchev–Trinajstić information content (AvgIpc) is 2.29. The molecule has 0 spiro atoms. The van der Waals surface area contributed by atoms with Gasteiger partial charge in [-0.15, -0.1) is 0 Å². The molecular weight excluding hydrogens is 272 g/mol. The zero-order chi connectivity index (χ0) is 12.3. The summed E-state index contributed by atoms with van der Waals surface area (Å²) in [4.78, 5) is 0. The molecule has 1 unspecified atom stereocenters. The minimum Gasteiger partial charge on any atom is -0.0617 e. The third-order valence-corrected chi connectivity index (χ3v) is 3.59. The number of hydrogen-bond acceptors (Lipinski definition) is 0. The second kappa shape index (κ2) is 5.50. The number of aryl methyl sites for hydroxylation is 1. The van der Waals surface area contributed by atoms with E-state index in [2.05, 4.69) is 78.3 Å². The second-order valence-corrected chi connectivity index (χ2v) is 5.56. The molecule has 1 heteroatoms. The predicted molar refractivity (Wildman–Crippen MR) is 77.4 cm³/mol. The molecule has 2 aromatic rings. The van der Waals surface area contributed by atoms with Gasteiger partial charge >= 0.3 is 0 Å². The molecule has 2 aromatic carbocycles. The van der Waals surface area contributed by atoms with Gasteiger partial charge in [0.15, 0.2) is 0 Å². The highest BCUT2D eigenvalue weighted by atomic mass is 79.9. The monoisotopic (exact) mass is 288 g/mol. The zero-order valence-electron chi connectivity index (χ0n) is 10.3. The van der Waals surface area contributed by atoms with E-state index in [0.29, 0.717) is 5.92 Å². The van der Waals surface area contributed by atoms with E-state index in [1.54, 1.807) is 0 Å². The largest absolute Gasteiger partial charge is 0.0617 e. The summed E-state index contributed by atoms with van der Waals surface area (Å²) < 4.78 is 1.14. The normalized spacial score (nSPS) is 12.4. The van der Waals surface area contributed by atoms with E-state index in [-0.39, 0.29) is 0 Å². The first-order chi connectivity index (χ1) is 8.15. The van der Waals surface area contributed by atoms with Crippen LogP contribution in [0.1, 0.15) is 29.5 Å². The fourth-order valence-corrected chi connectivity index (χ4v) is 2.37. The summed E-state index contributed by atoms with van der Waals surface area (Å²) in [6, 6.07) is 17.4. The van der Waals surface area contributed by atoms with E-state index < -0.39 is 0 Å². The second-order valence-electron chi connectivity index (χ2n) is 4.65. The minimum atomic E-state index is 0.560. The van der Waals surface area contributed by atoms with E-state index in [4.69, 9.17) is 0 Å². The molecule has 0 aromatic heterocycles. The van der Waals surface area contributed by atoms with Gasteiger partial charge in [0, 0.05) is 4.47 Å². The van der Waals surface area contributed by atoms with Crippen molar-refractivity contribution in [1.29, 1.82) is 0 Å². The lowest BCUT2D eigenvalue weighted by atomic mass is 9.93. The van der Waals surface area contributed by atoms with Crippen LogP contribution in [0.3, 0.4) is 0 Å². The Labute approximate surface area is 112 Å². The maximum atomic E-state index is 3.47. The standard InChI is InChI=1S/C16H17Br/c1-12-4-3-5-14(10-12)11-13(2)15-6-8-16(17)9-7-15/h3-10,13H,11H2,1-2H3. The molecular formula is C16H17Br. The minimum absolute atomic E-state index is 0.560. The molecule has 0 heterocycles. The zero-order valence-corrected chi connectivity index (χ0v) is 11.9. The molecule has 0 saturated heterocycles. The van der Waals surface area contributed by atoms with Gasteiger partial charge in [0.1, 0.15) is 0 Å². The Kier molecular flexibility index (Phi) is 4.01. The van der Waals surface area contributed by atoms with Crippen molar-refractivity contribution in [3.8, 4) is 0 Å². The highest BCUT2D eigenvalue weighted by Crippen LogP contribution is 2.22. The number of benzene rings is 2. The third-order valence-electron chi connectivity index (χ3n) is 3.06. The van der Waals surface area contributed by atoms with Gasteiger partial charge in [-0.3, -0.25) is 0 Å². The number of hydrogen-bond donors (Lipinski definition) is 0. The summed E-state index contributed by atoms with van der Waals surface area (Å²) in [5, 5.41) is 0. The first-order valence-electron chi connectivity index (χ1n) is 5.96. The lowest BCUT2D eigenvalue weighted by Crippen LogP contribution is -1.98. The Morgan fingerprint density at radius 1 is 1.06 bits per heavy atom. The van der Waals surface area contributed by atoms with Crippen molar-refractivity contribution >= 4 is 15.9 Å². The lowest BCUT2D eigenvalue weighted by Gasteiger charge is -2.12. The van der Waals surface area contributed by atoms with Crippen molar-refractivity contribution in [3.63, 3.8) is 0 Å². The Hall–Kier alpha value is -1.08. The quantitative estimate of drug-likeness (QED) is 0.737. The maximum absolute atomic E-state index is 3.47. The van der Waals surface area contributed by atoms with Gasteiger partial charge in [-0.2, -0.15) is 0 Å². The predicted octanol–water partition coefficient (Wildman–Crippen LogP) is 5.10. The van der Waals surface area contributed by atoms with Crippen LogP contribution in [0.4, 0.5) is 0 Å². The van der Waals surface area contributed by atoms with Crippen LogP contribution in [0, 0.1) is 6.92 Å². The molecule has 0 nitrogen and oxygen atoms in total. The van der Waals surface area contributed by atoms with Crippen molar-refractivity contribution in [2.24, 2.45) is 0 Å². The van der Waals surface area contributed by atoms with Gasteiger partial charge in [0.2, 0.25) is 0 Å². The molecule has 2 rings (SSSR count). The summed E-state index contributed by atoms with van der Waals surface area (Å²) in [6.07, 6.45) is 1.10. The third kappa shape index (κ3) is 3.44. The van der Waals surface area contributed by atoms with Crippen LogP contribution in [-0.4, -0.2) is 0 Å². The molecule has 88 valence electrons. The number of halogens is 1. The average molecular weight is 289 g/mol. The summed E-state index contributed by atoms with van der Waals surface area (Å²) >= 11 is 3.47. The SMILES string of the molecule is Cc1cccc(CC(C)c2ccc(Br)cc2)c1. The first-order valence-corrected chi connectivity index (χ1v) is 6.75. The summed E-state index contributed by atoms with van der Waals surface area (Å²) in [5.41, 5.74) is 4.15. The molecule has 0 aliphatic carbocycles. The van der Waals surface area contributed by atoms with E-state index in [9.17, 15) is 0 Å². The molecule has 0 radical (unpaired) electrons. The molecule has 17 heavy (non-hydrogen) atoms. The van der Waals surface area contributed by atoms with Gasteiger partial charge < -0.3 is 0 Å². The van der Waals surface area contributed by atoms with Crippen molar-refractivity contribution in [2.75, 3.05) is 0 Å². The van der Waals surface area contributed by atoms with E-state index in [1.165, 1.54) is 16.7 Å². The maximum Gasteiger partial charge on any atom is 0.0175 e. The Bertz CT molecular complexity index is 485. The van der Waals surface area contributed by atoms with Crippen molar-refractivity contribution in [1.82, 2.24) is 0 Å². The molecule has 0 saturated carbocycles. The lowest BCUT2D eigenvalue weighted by molar-refractivity contribution is 0.758. The summed E-state index contributed by atoms with van der Waals surface area (Å²) in [7, 11) is 0. The fraction of sp³-hybridized carbons (Fsp3) is 0.250. The summed E-state index contributed by atoms with van der Waals surface area (Å²) in [6.45, 7) is 4.43. The highest BCUT2D eigenvalue weighted by molar-refractivity contribution is 9.10. The van der Waals surface area contributed by atoms with Crippen molar-refractivity contribution in [2.45, 2.75) is 26.2 Å². The molecule has 0 fully saturated rings. The topological polar surface area (TPSA) is 0 Å². The van der Waals surface area contributed by atoms with E-state index in [1.807, 2.05) is 0 Å². The van der Waals surface area contributed by atoms with Gasteiger partial charge in [0.05, 0.1) is 0 Å². The smallest absolute Gasteiger partial charge is 0.0175 e. The molecule has 0 amide bonds. The van der Waals surface area contributed by atoms with Crippen LogP contribution in [-0.2, 0) is 6.42 Å². The fourth-order valence-electron chi connectivity index (χ4n) is 2.10. The van der Waals surface area contributed by atoms with E-state index >= 15 is 0 Å². The van der Waals surface area contributed by atoms with Crippen LogP contribution in [0.15, 0.2) is 53.0 Å². The molecule has 0 aliphatic heterocycles. The van der Waals surface area contributed by atoms with Crippen LogP contribution in [0.2, 0.25) is 0 Å². The Balaban J connectivity index is 2.11. The molecule has 0 N–H and O–H groups in total. The van der Waals surface area contributed by atoms with Crippen molar-refractivity contribution in [3.05, 3.63) is 69.7 Å².